The van der Waals surface area contributed by atoms with Crippen LogP contribution in [0.5, 0.6) is 0 Å². The molecule has 0 aliphatic carbocycles. The number of nitrogens with zero attached hydrogens (tertiary/aromatic N) is 1. The van der Waals surface area contributed by atoms with E-state index in [1.807, 2.05) is 0 Å². The Balaban J connectivity index is 2.10. The molecule has 0 aromatic carbocycles. The summed E-state index contributed by atoms with van der Waals surface area (Å²) in [5, 5.41) is 3.45. The van der Waals surface area contributed by atoms with Crippen LogP contribution >= 0.6 is 0 Å². The van der Waals surface area contributed by atoms with E-state index in [0.717, 1.165) is 19.6 Å². The first-order valence-electron chi connectivity index (χ1n) is 6.19. The molecule has 1 rings (SSSR count). The van der Waals surface area contributed by atoms with E-state index in [1.54, 1.807) is 0 Å². The summed E-state index contributed by atoms with van der Waals surface area (Å²) in [4.78, 5) is 2.51. The molecule has 0 radical (unpaired) electrons. The Kier molecular flexibility index (Phi) is 5.58. The number of nitrogens with one attached hydrogen (secondary N) is 1. The van der Waals surface area contributed by atoms with Crippen molar-refractivity contribution in [3.63, 3.8) is 0 Å². The first-order valence-corrected chi connectivity index (χ1v) is 6.19. The zero-order chi connectivity index (χ0) is 11.3. The summed E-state index contributed by atoms with van der Waals surface area (Å²) >= 11 is 0. The van der Waals surface area contributed by atoms with Gasteiger partial charge in [0.05, 0.1) is 12.2 Å². The van der Waals surface area contributed by atoms with Crippen LogP contribution in [0.2, 0.25) is 0 Å². The van der Waals surface area contributed by atoms with Gasteiger partial charge in [-0.25, -0.2) is 0 Å². The summed E-state index contributed by atoms with van der Waals surface area (Å²) in [6, 6.07) is 0.604. The molecule has 1 aliphatic rings. The van der Waals surface area contributed by atoms with Crippen molar-refractivity contribution >= 4 is 0 Å². The first-order chi connectivity index (χ1) is 7.08. The molecule has 0 aromatic heterocycles. The van der Waals surface area contributed by atoms with Crippen molar-refractivity contribution in [2.75, 3.05) is 26.2 Å². The predicted octanol–water partition coefficient (Wildman–Crippen LogP) is 1.48. The zero-order valence-electron chi connectivity index (χ0n) is 10.6. The van der Waals surface area contributed by atoms with Crippen LogP contribution in [-0.2, 0) is 4.74 Å². The van der Waals surface area contributed by atoms with Crippen LogP contribution < -0.4 is 5.32 Å². The molecule has 0 spiro atoms. The Hall–Kier alpha value is -0.120. The average molecular weight is 214 g/mol. The van der Waals surface area contributed by atoms with Crippen LogP contribution in [0.3, 0.4) is 0 Å². The number of morpholine rings is 1. The molecule has 2 unspecified atom stereocenters. The summed E-state index contributed by atoms with van der Waals surface area (Å²) in [6.45, 7) is 13.2. The Morgan fingerprint density at radius 3 is 2.40 bits per heavy atom. The molecule has 1 heterocycles. The van der Waals surface area contributed by atoms with E-state index in [2.05, 4.69) is 37.9 Å². The minimum atomic E-state index is 0.395. The molecular weight excluding hydrogens is 188 g/mol. The largest absolute Gasteiger partial charge is 0.373 e. The molecule has 15 heavy (non-hydrogen) atoms. The Labute approximate surface area is 94.2 Å². The van der Waals surface area contributed by atoms with Gasteiger partial charge in [-0.15, -0.1) is 0 Å². The highest BCUT2D eigenvalue weighted by atomic mass is 16.5. The second-order valence-electron chi connectivity index (χ2n) is 4.98. The predicted molar refractivity (Wildman–Crippen MR) is 64.2 cm³/mol. The third kappa shape index (κ3) is 5.50. The Bertz CT molecular complexity index is 163. The first kappa shape index (κ1) is 12.9. The molecule has 90 valence electrons. The van der Waals surface area contributed by atoms with Gasteiger partial charge in [0.1, 0.15) is 0 Å². The summed E-state index contributed by atoms with van der Waals surface area (Å²) in [7, 11) is 0. The lowest BCUT2D eigenvalue weighted by Gasteiger charge is -2.35. The van der Waals surface area contributed by atoms with E-state index >= 15 is 0 Å². The number of hydrogen-bond acceptors (Lipinski definition) is 3. The van der Waals surface area contributed by atoms with E-state index in [-0.39, 0.29) is 0 Å². The number of ether oxygens (including phenoxy) is 1. The van der Waals surface area contributed by atoms with Crippen molar-refractivity contribution in [3.8, 4) is 0 Å². The lowest BCUT2D eigenvalue weighted by atomic mass is 10.2. The summed E-state index contributed by atoms with van der Waals surface area (Å²) in [6.07, 6.45) is 2.02. The maximum absolute atomic E-state index is 5.70. The summed E-state index contributed by atoms with van der Waals surface area (Å²) in [5.74, 6) is 0. The smallest absolute Gasteiger partial charge is 0.0678 e. The summed E-state index contributed by atoms with van der Waals surface area (Å²) in [5.41, 5.74) is 0. The van der Waals surface area contributed by atoms with Gasteiger partial charge in [-0.05, 0) is 33.4 Å². The molecule has 0 aromatic rings. The van der Waals surface area contributed by atoms with Crippen molar-refractivity contribution in [2.24, 2.45) is 0 Å². The topological polar surface area (TPSA) is 24.5 Å². The van der Waals surface area contributed by atoms with Gasteiger partial charge in [-0.2, -0.15) is 0 Å². The fraction of sp³-hybridized carbons (Fsp3) is 1.00. The van der Waals surface area contributed by atoms with Gasteiger partial charge in [0.2, 0.25) is 0 Å². The van der Waals surface area contributed by atoms with E-state index in [9.17, 15) is 0 Å². The van der Waals surface area contributed by atoms with Crippen LogP contribution in [0.1, 0.15) is 34.1 Å². The van der Waals surface area contributed by atoms with Crippen molar-refractivity contribution in [1.29, 1.82) is 0 Å². The maximum atomic E-state index is 5.70. The minimum absolute atomic E-state index is 0.395. The molecule has 0 saturated carbocycles. The normalized spacial score (nSPS) is 28.6. The molecule has 1 saturated heterocycles. The van der Waals surface area contributed by atoms with Crippen LogP contribution in [-0.4, -0.2) is 49.3 Å². The lowest BCUT2D eigenvalue weighted by molar-refractivity contribution is -0.0680. The van der Waals surface area contributed by atoms with E-state index in [1.165, 1.54) is 13.0 Å². The molecule has 1 fully saturated rings. The van der Waals surface area contributed by atoms with Crippen molar-refractivity contribution in [3.05, 3.63) is 0 Å². The third-order valence-corrected chi connectivity index (χ3v) is 2.70. The van der Waals surface area contributed by atoms with Gasteiger partial charge >= 0.3 is 0 Å². The van der Waals surface area contributed by atoms with Gasteiger partial charge in [0.15, 0.2) is 0 Å². The van der Waals surface area contributed by atoms with Crippen LogP contribution in [0, 0.1) is 0 Å². The Morgan fingerprint density at radius 1 is 1.27 bits per heavy atom. The van der Waals surface area contributed by atoms with Crippen LogP contribution in [0.4, 0.5) is 0 Å². The molecule has 1 N–H and O–H groups in total. The molecule has 3 heteroatoms. The molecule has 0 bridgehead atoms. The lowest BCUT2D eigenvalue weighted by Crippen LogP contribution is -2.46. The molecule has 3 nitrogen and oxygen atoms in total. The number of hydrogen-bond donors (Lipinski definition) is 1. The zero-order valence-corrected chi connectivity index (χ0v) is 10.6. The molecule has 2 atom stereocenters. The van der Waals surface area contributed by atoms with Gasteiger partial charge in [-0.1, -0.05) is 13.8 Å². The highest BCUT2D eigenvalue weighted by Crippen LogP contribution is 2.10. The van der Waals surface area contributed by atoms with Gasteiger partial charge in [-0.3, -0.25) is 4.90 Å². The van der Waals surface area contributed by atoms with Gasteiger partial charge in [0.25, 0.3) is 0 Å². The second-order valence-corrected chi connectivity index (χ2v) is 4.98. The van der Waals surface area contributed by atoms with Crippen molar-refractivity contribution < 1.29 is 4.74 Å². The molecule has 1 aliphatic heterocycles. The van der Waals surface area contributed by atoms with Crippen LogP contribution in [0.25, 0.3) is 0 Å². The van der Waals surface area contributed by atoms with Crippen molar-refractivity contribution in [2.45, 2.75) is 52.4 Å². The average Bonchev–Trinajstić information content (AvgIpc) is 2.10. The number of rotatable bonds is 5. The third-order valence-electron chi connectivity index (χ3n) is 2.70. The SMILES string of the molecule is CC(C)NCCCN1CC(C)OC(C)C1. The van der Waals surface area contributed by atoms with Crippen molar-refractivity contribution in [1.82, 2.24) is 10.2 Å². The van der Waals surface area contributed by atoms with E-state index < -0.39 is 0 Å². The van der Waals surface area contributed by atoms with E-state index in [4.69, 9.17) is 4.74 Å². The van der Waals surface area contributed by atoms with Gasteiger partial charge < -0.3 is 10.1 Å². The monoisotopic (exact) mass is 214 g/mol. The Morgan fingerprint density at radius 2 is 1.87 bits per heavy atom. The van der Waals surface area contributed by atoms with E-state index in [0.29, 0.717) is 18.2 Å². The highest BCUT2D eigenvalue weighted by Gasteiger charge is 2.21. The minimum Gasteiger partial charge on any atom is -0.373 e. The summed E-state index contributed by atoms with van der Waals surface area (Å²) < 4.78 is 5.70. The highest BCUT2D eigenvalue weighted by molar-refractivity contribution is 4.73. The molecule has 0 amide bonds. The molecular formula is C12H26N2O. The maximum Gasteiger partial charge on any atom is 0.0678 e. The fourth-order valence-electron chi connectivity index (χ4n) is 2.16. The quantitative estimate of drug-likeness (QED) is 0.702. The van der Waals surface area contributed by atoms with Crippen LogP contribution in [0.15, 0.2) is 0 Å². The standard InChI is InChI=1S/C12H26N2O/c1-10(2)13-6-5-7-14-8-11(3)15-12(4)9-14/h10-13H,5-9H2,1-4H3. The second kappa shape index (κ2) is 6.46. The van der Waals surface area contributed by atoms with Gasteiger partial charge in [0, 0.05) is 19.1 Å². The fourth-order valence-corrected chi connectivity index (χ4v) is 2.16.